The van der Waals surface area contributed by atoms with Gasteiger partial charge in [-0.05, 0) is 51.3 Å². The number of aliphatic hydroxyl groups excluding tert-OH is 2. The average Bonchev–Trinajstić information content (AvgIpc) is 3.34. The molecule has 3 fully saturated rings. The molecule has 1 saturated heterocycles. The first kappa shape index (κ1) is 24.6. The Hall–Kier alpha value is -2.78. The van der Waals surface area contributed by atoms with Gasteiger partial charge >= 0.3 is 11.9 Å². The van der Waals surface area contributed by atoms with Crippen LogP contribution in [0.5, 0.6) is 0 Å². The van der Waals surface area contributed by atoms with Crippen LogP contribution in [0.15, 0.2) is 35.1 Å². The van der Waals surface area contributed by atoms with E-state index in [1.165, 1.54) is 19.1 Å². The maximum absolute atomic E-state index is 14.4. The van der Waals surface area contributed by atoms with Gasteiger partial charge in [0.15, 0.2) is 11.5 Å². The Morgan fingerprint density at radius 3 is 2.41 bits per heavy atom. The van der Waals surface area contributed by atoms with Crippen molar-refractivity contribution in [3.63, 3.8) is 0 Å². The van der Waals surface area contributed by atoms with Gasteiger partial charge in [-0.1, -0.05) is 19.9 Å². The number of hydrogen-bond donors (Lipinski definition) is 2. The van der Waals surface area contributed by atoms with Crippen LogP contribution in [-0.2, 0) is 33.4 Å². The number of epoxide rings is 1. The van der Waals surface area contributed by atoms with Crippen molar-refractivity contribution in [2.75, 3.05) is 0 Å². The molecule has 9 nitrogen and oxygen atoms in total. The van der Waals surface area contributed by atoms with Gasteiger partial charge in [0.1, 0.15) is 11.7 Å². The molecule has 2 N–H and O–H groups in total. The summed E-state index contributed by atoms with van der Waals surface area (Å²) in [7, 11) is 0. The minimum atomic E-state index is -1.34. The normalized spacial score (nSPS) is 49.0. The van der Waals surface area contributed by atoms with Crippen molar-refractivity contribution in [2.45, 2.75) is 78.5 Å². The van der Waals surface area contributed by atoms with Gasteiger partial charge in [-0.25, -0.2) is 4.79 Å². The lowest BCUT2D eigenvalue weighted by atomic mass is 9.38. The SMILES string of the molecule is CC(=O)OC1CC2(C)C(C3=CC(O)OC3=O)CC3OC32C2(C)C(=O)C(O)=C3C(C)(C)C(=O)C=CC3(C)C12. The molecule has 9 atom stereocenters. The maximum atomic E-state index is 14.4. The van der Waals surface area contributed by atoms with Crippen LogP contribution in [0.1, 0.15) is 54.4 Å². The van der Waals surface area contributed by atoms with Gasteiger partial charge in [0, 0.05) is 35.2 Å². The monoisotopic (exact) mass is 512 g/mol. The largest absolute Gasteiger partial charge is 0.504 e. The molecule has 6 rings (SSSR count). The molecular formula is C28H32O9. The van der Waals surface area contributed by atoms with E-state index in [1.807, 2.05) is 13.8 Å². The first-order chi connectivity index (χ1) is 17.1. The first-order valence-electron chi connectivity index (χ1n) is 12.8. The Kier molecular flexibility index (Phi) is 4.51. The highest BCUT2D eigenvalue weighted by molar-refractivity contribution is 6.06. The molecule has 0 bridgehead atoms. The second-order valence-corrected chi connectivity index (χ2v) is 12.7. The molecule has 9 unspecified atom stereocenters. The number of rotatable bonds is 2. The molecule has 0 aromatic rings. The second kappa shape index (κ2) is 6.80. The number of carbonyl (C=O) groups is 4. The van der Waals surface area contributed by atoms with Crippen molar-refractivity contribution in [2.24, 2.45) is 33.5 Å². The number of ketones is 2. The molecule has 1 spiro atoms. The number of fused-ring (bicyclic) bond motifs is 3. The summed E-state index contributed by atoms with van der Waals surface area (Å²) in [6, 6.07) is 0. The van der Waals surface area contributed by atoms with Gasteiger partial charge in [-0.15, -0.1) is 0 Å². The van der Waals surface area contributed by atoms with Gasteiger partial charge < -0.3 is 24.4 Å². The van der Waals surface area contributed by atoms with Crippen molar-refractivity contribution in [3.05, 3.63) is 35.1 Å². The number of hydrogen-bond acceptors (Lipinski definition) is 9. The number of carbonyl (C=O) groups excluding carboxylic acids is 4. The summed E-state index contributed by atoms with van der Waals surface area (Å²) in [5, 5.41) is 21.5. The quantitative estimate of drug-likeness (QED) is 0.422. The fourth-order valence-electron chi connectivity index (χ4n) is 9.41. The molecule has 0 aromatic carbocycles. The molecule has 0 radical (unpaired) electrons. The topological polar surface area (TPSA) is 140 Å². The minimum absolute atomic E-state index is 0.225. The maximum Gasteiger partial charge on any atom is 0.336 e. The summed E-state index contributed by atoms with van der Waals surface area (Å²) >= 11 is 0. The van der Waals surface area contributed by atoms with E-state index >= 15 is 0 Å². The van der Waals surface area contributed by atoms with Gasteiger partial charge in [0.25, 0.3) is 0 Å². The Balaban J connectivity index is 1.60. The summed E-state index contributed by atoms with van der Waals surface area (Å²) in [5.41, 5.74) is -4.73. The molecule has 198 valence electrons. The minimum Gasteiger partial charge on any atom is -0.504 e. The highest BCUT2D eigenvalue weighted by atomic mass is 16.6. The van der Waals surface area contributed by atoms with E-state index in [4.69, 9.17) is 14.2 Å². The number of Topliss-reactive ketones (excluding diaryl/α,β-unsaturated/α-hetero) is 1. The second-order valence-electron chi connectivity index (χ2n) is 12.7. The molecule has 0 amide bonds. The fraction of sp³-hybridized carbons (Fsp3) is 0.643. The number of esters is 2. The van der Waals surface area contributed by atoms with Crippen molar-refractivity contribution < 1.29 is 43.6 Å². The Morgan fingerprint density at radius 1 is 1.14 bits per heavy atom. The Bertz CT molecular complexity index is 1290. The number of cyclic esters (lactones) is 1. The third-order valence-corrected chi connectivity index (χ3v) is 10.6. The van der Waals surface area contributed by atoms with Crippen LogP contribution < -0.4 is 0 Å². The summed E-state index contributed by atoms with van der Waals surface area (Å²) < 4.78 is 17.4. The van der Waals surface area contributed by atoms with Crippen molar-refractivity contribution in [1.29, 1.82) is 0 Å². The van der Waals surface area contributed by atoms with Gasteiger partial charge in [0.05, 0.1) is 16.9 Å². The molecule has 2 heterocycles. The molecule has 6 aliphatic rings. The molecule has 0 aromatic heterocycles. The van der Waals surface area contributed by atoms with E-state index < -0.39 is 75.0 Å². The number of allylic oxidation sites excluding steroid dienone is 4. The molecule has 9 heteroatoms. The lowest BCUT2D eigenvalue weighted by Crippen LogP contribution is -2.71. The van der Waals surface area contributed by atoms with Gasteiger partial charge in [-0.2, -0.15) is 0 Å². The molecule has 37 heavy (non-hydrogen) atoms. The Morgan fingerprint density at radius 2 is 1.81 bits per heavy atom. The van der Waals surface area contributed by atoms with Crippen molar-refractivity contribution >= 4 is 23.5 Å². The van der Waals surface area contributed by atoms with Crippen molar-refractivity contribution in [3.8, 4) is 0 Å². The van der Waals surface area contributed by atoms with E-state index in [0.29, 0.717) is 17.6 Å². The zero-order valence-corrected chi connectivity index (χ0v) is 21.8. The molecular weight excluding hydrogens is 480 g/mol. The van der Waals surface area contributed by atoms with Crippen LogP contribution in [0.3, 0.4) is 0 Å². The predicted octanol–water partition coefficient (Wildman–Crippen LogP) is 2.48. The Labute approximate surface area is 214 Å². The molecule has 2 saturated carbocycles. The molecule has 2 aliphatic heterocycles. The summed E-state index contributed by atoms with van der Waals surface area (Å²) in [4.78, 5) is 52.3. The summed E-state index contributed by atoms with van der Waals surface area (Å²) in [6.45, 7) is 10.3. The molecule has 4 aliphatic carbocycles. The van der Waals surface area contributed by atoms with E-state index in [1.54, 1.807) is 26.8 Å². The third-order valence-electron chi connectivity index (χ3n) is 10.6. The van der Waals surface area contributed by atoms with Gasteiger partial charge in [-0.3, -0.25) is 14.4 Å². The zero-order valence-electron chi connectivity index (χ0n) is 21.8. The lowest BCUT2D eigenvalue weighted by molar-refractivity contribution is -0.203. The van der Waals surface area contributed by atoms with Crippen LogP contribution >= 0.6 is 0 Å². The standard InChI is InChI=1S/C28H32O9/c1-12(29)35-15-11-26(5)14(13-9-18(31)36-23(13)34)10-17-28(26,37-17)27(6)20(15)25(4)8-7-16(30)24(2,3)21(25)19(32)22(27)33/h7-9,14-15,17-18,20,31-32H,10-11H2,1-6H3. The third kappa shape index (κ3) is 2.53. The number of aliphatic hydroxyl groups is 2. The lowest BCUT2D eigenvalue weighted by Gasteiger charge is -2.64. The van der Waals surface area contributed by atoms with Crippen LogP contribution in [0.25, 0.3) is 0 Å². The van der Waals surface area contributed by atoms with Crippen LogP contribution in [0.2, 0.25) is 0 Å². The first-order valence-corrected chi connectivity index (χ1v) is 12.8. The van der Waals surface area contributed by atoms with Crippen LogP contribution in [-0.4, -0.2) is 57.8 Å². The number of ether oxygens (including phenoxy) is 3. The van der Waals surface area contributed by atoms with E-state index in [0.717, 1.165) is 0 Å². The zero-order chi connectivity index (χ0) is 27.1. The van der Waals surface area contributed by atoms with E-state index in [9.17, 15) is 29.4 Å². The van der Waals surface area contributed by atoms with Crippen molar-refractivity contribution in [1.82, 2.24) is 0 Å². The summed E-state index contributed by atoms with van der Waals surface area (Å²) in [6.07, 6.45) is 2.81. The van der Waals surface area contributed by atoms with E-state index in [2.05, 4.69) is 0 Å². The smallest absolute Gasteiger partial charge is 0.336 e. The van der Waals surface area contributed by atoms with E-state index in [-0.39, 0.29) is 18.3 Å². The average molecular weight is 513 g/mol. The van der Waals surface area contributed by atoms with Crippen LogP contribution in [0.4, 0.5) is 0 Å². The van der Waals surface area contributed by atoms with Gasteiger partial charge in [0.2, 0.25) is 12.1 Å². The predicted molar refractivity (Wildman–Crippen MR) is 126 cm³/mol. The highest BCUT2D eigenvalue weighted by Gasteiger charge is 2.89. The summed E-state index contributed by atoms with van der Waals surface area (Å²) in [5.74, 6) is -3.41. The fourth-order valence-corrected chi connectivity index (χ4v) is 9.41. The highest BCUT2D eigenvalue weighted by Crippen LogP contribution is 2.81. The van der Waals surface area contributed by atoms with Crippen LogP contribution in [0, 0.1) is 33.5 Å².